The lowest BCUT2D eigenvalue weighted by Crippen LogP contribution is -2.25. The number of para-hydroxylation sites is 2. The molecule has 3 N–H and O–H groups in total. The fraction of sp³-hybridized carbons (Fsp3) is 0.143. The van der Waals surface area contributed by atoms with E-state index in [9.17, 15) is 13.2 Å². The van der Waals surface area contributed by atoms with E-state index in [1.807, 2.05) is 18.2 Å². The highest BCUT2D eigenvalue weighted by molar-refractivity contribution is 7.92. The van der Waals surface area contributed by atoms with Crippen LogP contribution in [0.1, 0.15) is 21.5 Å². The standard InChI is InChI=1S/C21H22N4O4S/c1-30(27,28)25-19-8-4-2-6-17(19)15-29-24-21(26)18-7-3-5-9-20(18)23-14-16-10-12-22-13-11-16/h2-13,23,25H,14-15H2,1H3,(H,24,26). The number of nitrogens with one attached hydrogen (secondary N) is 3. The van der Waals surface area contributed by atoms with Crippen LogP contribution in [0.3, 0.4) is 0 Å². The first-order valence-electron chi connectivity index (χ1n) is 9.12. The maximum atomic E-state index is 12.6. The van der Waals surface area contributed by atoms with Gasteiger partial charge < -0.3 is 5.32 Å². The van der Waals surface area contributed by atoms with E-state index in [1.165, 1.54) is 0 Å². The summed E-state index contributed by atoms with van der Waals surface area (Å²) in [6.45, 7) is 0.537. The van der Waals surface area contributed by atoms with Crippen molar-refractivity contribution in [2.24, 2.45) is 0 Å². The second-order valence-electron chi connectivity index (χ2n) is 6.51. The molecule has 0 spiro atoms. The van der Waals surface area contributed by atoms with Crippen LogP contribution in [0.5, 0.6) is 0 Å². The number of benzene rings is 2. The lowest BCUT2D eigenvalue weighted by molar-refractivity contribution is 0.0236. The summed E-state index contributed by atoms with van der Waals surface area (Å²) in [5.41, 5.74) is 5.52. The second kappa shape index (κ2) is 9.86. The first-order valence-corrected chi connectivity index (χ1v) is 11.0. The number of pyridine rings is 1. The number of aromatic nitrogens is 1. The Morgan fingerprint density at radius 2 is 1.63 bits per heavy atom. The quantitative estimate of drug-likeness (QED) is 0.454. The van der Waals surface area contributed by atoms with Gasteiger partial charge in [0.25, 0.3) is 5.91 Å². The molecule has 9 heteroatoms. The van der Waals surface area contributed by atoms with E-state index in [4.69, 9.17) is 4.84 Å². The molecule has 1 heterocycles. The molecule has 0 aliphatic rings. The molecular formula is C21H22N4O4S. The normalized spacial score (nSPS) is 11.0. The fourth-order valence-electron chi connectivity index (χ4n) is 2.71. The smallest absolute Gasteiger partial charge is 0.276 e. The summed E-state index contributed by atoms with van der Waals surface area (Å²) in [6.07, 6.45) is 4.49. The van der Waals surface area contributed by atoms with Crippen molar-refractivity contribution in [2.45, 2.75) is 13.2 Å². The van der Waals surface area contributed by atoms with Gasteiger partial charge in [-0.15, -0.1) is 0 Å². The van der Waals surface area contributed by atoms with Gasteiger partial charge in [-0.05, 0) is 35.9 Å². The van der Waals surface area contributed by atoms with Crippen molar-refractivity contribution in [3.8, 4) is 0 Å². The molecule has 3 aromatic rings. The van der Waals surface area contributed by atoms with Crippen LogP contribution in [-0.2, 0) is 28.0 Å². The van der Waals surface area contributed by atoms with Gasteiger partial charge >= 0.3 is 0 Å². The van der Waals surface area contributed by atoms with Gasteiger partial charge in [0.1, 0.15) is 6.61 Å². The summed E-state index contributed by atoms with van der Waals surface area (Å²) in [5.74, 6) is -0.415. The van der Waals surface area contributed by atoms with Crippen molar-refractivity contribution in [1.29, 1.82) is 0 Å². The molecule has 0 radical (unpaired) electrons. The summed E-state index contributed by atoms with van der Waals surface area (Å²) in [6, 6.07) is 17.7. The van der Waals surface area contributed by atoms with Crippen LogP contribution in [0.25, 0.3) is 0 Å². The Balaban J connectivity index is 1.61. The molecule has 156 valence electrons. The van der Waals surface area contributed by atoms with Crippen LogP contribution >= 0.6 is 0 Å². The van der Waals surface area contributed by atoms with Crippen LogP contribution in [0.2, 0.25) is 0 Å². The van der Waals surface area contributed by atoms with E-state index in [2.05, 4.69) is 20.5 Å². The van der Waals surface area contributed by atoms with Crippen LogP contribution < -0.4 is 15.5 Å². The average molecular weight is 426 g/mol. The van der Waals surface area contributed by atoms with Crippen molar-refractivity contribution in [1.82, 2.24) is 10.5 Å². The lowest BCUT2D eigenvalue weighted by Gasteiger charge is -2.13. The molecular weight excluding hydrogens is 404 g/mol. The van der Waals surface area contributed by atoms with Crippen LogP contribution in [0.4, 0.5) is 11.4 Å². The maximum Gasteiger partial charge on any atom is 0.276 e. The zero-order valence-electron chi connectivity index (χ0n) is 16.3. The van der Waals surface area contributed by atoms with Crippen molar-refractivity contribution in [3.63, 3.8) is 0 Å². The SMILES string of the molecule is CS(=O)(=O)Nc1ccccc1CONC(=O)c1ccccc1NCc1ccncc1. The van der Waals surface area contributed by atoms with E-state index in [-0.39, 0.29) is 6.61 Å². The van der Waals surface area contributed by atoms with E-state index in [0.717, 1.165) is 11.8 Å². The average Bonchev–Trinajstić information content (AvgIpc) is 2.73. The number of sulfonamides is 1. The summed E-state index contributed by atoms with van der Waals surface area (Å²) in [7, 11) is -3.42. The minimum Gasteiger partial charge on any atom is -0.380 e. The number of hydrogen-bond donors (Lipinski definition) is 3. The molecule has 0 fully saturated rings. The Hall–Kier alpha value is -3.43. The third kappa shape index (κ3) is 6.29. The van der Waals surface area contributed by atoms with Gasteiger partial charge in [0.2, 0.25) is 10.0 Å². The third-order valence-electron chi connectivity index (χ3n) is 4.11. The lowest BCUT2D eigenvalue weighted by atomic mass is 10.1. The monoisotopic (exact) mass is 426 g/mol. The van der Waals surface area contributed by atoms with Gasteiger partial charge in [0, 0.05) is 30.2 Å². The van der Waals surface area contributed by atoms with Crippen molar-refractivity contribution < 1.29 is 18.0 Å². The molecule has 3 rings (SSSR count). The molecule has 0 unspecified atom stereocenters. The predicted octanol–water partition coefficient (Wildman–Crippen LogP) is 2.93. The zero-order chi connectivity index (χ0) is 21.4. The molecule has 2 aromatic carbocycles. The Bertz CT molecular complexity index is 1100. The first-order chi connectivity index (χ1) is 14.4. The number of anilines is 2. The maximum absolute atomic E-state index is 12.6. The molecule has 1 amide bonds. The molecule has 8 nitrogen and oxygen atoms in total. The minimum atomic E-state index is -3.42. The highest BCUT2D eigenvalue weighted by atomic mass is 32.2. The minimum absolute atomic E-state index is 0.00293. The Morgan fingerprint density at radius 1 is 0.967 bits per heavy atom. The number of carbonyl (C=O) groups is 1. The van der Waals surface area contributed by atoms with E-state index >= 15 is 0 Å². The van der Waals surface area contributed by atoms with Crippen LogP contribution in [0, 0.1) is 0 Å². The van der Waals surface area contributed by atoms with Gasteiger partial charge in [-0.25, -0.2) is 13.9 Å². The zero-order valence-corrected chi connectivity index (χ0v) is 17.1. The number of hydrogen-bond acceptors (Lipinski definition) is 6. The fourth-order valence-corrected chi connectivity index (χ4v) is 3.31. The number of nitrogens with zero attached hydrogens (tertiary/aromatic N) is 1. The Kier molecular flexibility index (Phi) is 6.99. The number of rotatable bonds is 9. The van der Waals surface area contributed by atoms with Crippen LogP contribution in [-0.4, -0.2) is 25.6 Å². The second-order valence-corrected chi connectivity index (χ2v) is 8.25. The van der Waals surface area contributed by atoms with Gasteiger partial charge in [-0.1, -0.05) is 30.3 Å². The van der Waals surface area contributed by atoms with Gasteiger partial charge in [-0.2, -0.15) is 0 Å². The number of hydroxylamine groups is 1. The first kappa shape index (κ1) is 21.3. The summed E-state index contributed by atoms with van der Waals surface area (Å²) in [5, 5.41) is 3.23. The highest BCUT2D eigenvalue weighted by Gasteiger charge is 2.12. The number of carbonyl (C=O) groups excluding carboxylic acids is 1. The molecule has 0 saturated carbocycles. The number of amides is 1. The third-order valence-corrected chi connectivity index (χ3v) is 4.70. The van der Waals surface area contributed by atoms with E-state index < -0.39 is 15.9 Å². The summed E-state index contributed by atoms with van der Waals surface area (Å²) >= 11 is 0. The molecule has 0 aliphatic carbocycles. The molecule has 1 aromatic heterocycles. The van der Waals surface area contributed by atoms with Crippen molar-refractivity contribution >= 4 is 27.3 Å². The topological polar surface area (TPSA) is 109 Å². The van der Waals surface area contributed by atoms with E-state index in [0.29, 0.717) is 29.0 Å². The van der Waals surface area contributed by atoms with Crippen molar-refractivity contribution in [2.75, 3.05) is 16.3 Å². The van der Waals surface area contributed by atoms with Crippen LogP contribution in [0.15, 0.2) is 73.1 Å². The Morgan fingerprint density at radius 3 is 2.37 bits per heavy atom. The highest BCUT2D eigenvalue weighted by Crippen LogP contribution is 2.18. The summed E-state index contributed by atoms with van der Waals surface area (Å²) in [4.78, 5) is 21.9. The summed E-state index contributed by atoms with van der Waals surface area (Å²) < 4.78 is 25.4. The predicted molar refractivity (Wildman–Crippen MR) is 115 cm³/mol. The van der Waals surface area contributed by atoms with Gasteiger partial charge in [-0.3, -0.25) is 19.3 Å². The van der Waals surface area contributed by atoms with Gasteiger partial charge in [0.15, 0.2) is 0 Å². The van der Waals surface area contributed by atoms with E-state index in [1.54, 1.807) is 54.9 Å². The molecule has 30 heavy (non-hydrogen) atoms. The molecule has 0 bridgehead atoms. The van der Waals surface area contributed by atoms with Crippen molar-refractivity contribution in [3.05, 3.63) is 89.7 Å². The Labute approximate surface area is 175 Å². The molecule has 0 saturated heterocycles. The molecule has 0 atom stereocenters. The molecule has 0 aliphatic heterocycles. The van der Waals surface area contributed by atoms with Gasteiger partial charge in [0.05, 0.1) is 17.5 Å². The largest absolute Gasteiger partial charge is 0.380 e.